The number of halogens is 1. The molecular weight excluding hydrogens is 181 g/mol. The van der Waals surface area contributed by atoms with E-state index >= 15 is 0 Å². The molecular formula is C10H16FN3. The van der Waals surface area contributed by atoms with Crippen LogP contribution in [-0.2, 0) is 6.54 Å². The van der Waals surface area contributed by atoms with E-state index in [2.05, 4.69) is 15.2 Å². The number of pyridine rings is 1. The highest BCUT2D eigenvalue weighted by Gasteiger charge is 2.00. The Bertz CT molecular complexity index is 278. The van der Waals surface area contributed by atoms with Crippen LogP contribution in [0.2, 0.25) is 0 Å². The molecule has 0 aliphatic carbocycles. The number of likely N-dealkylation sites (N-methyl/N-ethyl adjacent to an activating group) is 2. The molecule has 0 radical (unpaired) electrons. The van der Waals surface area contributed by atoms with Crippen molar-refractivity contribution in [1.82, 2.24) is 15.2 Å². The average Bonchev–Trinajstić information content (AvgIpc) is 2.15. The maximum Gasteiger partial charge on any atom is 0.141 e. The fourth-order valence-corrected chi connectivity index (χ4v) is 1.24. The summed E-state index contributed by atoms with van der Waals surface area (Å²) in [5.74, 6) is -0.274. The Morgan fingerprint density at radius 2 is 2.29 bits per heavy atom. The summed E-state index contributed by atoms with van der Waals surface area (Å²) in [7, 11) is 3.92. The molecule has 1 aromatic heterocycles. The Morgan fingerprint density at radius 3 is 2.93 bits per heavy atom. The molecule has 0 fully saturated rings. The lowest BCUT2D eigenvalue weighted by atomic mass is 10.2. The molecule has 14 heavy (non-hydrogen) atoms. The number of nitrogens with zero attached hydrogens (tertiary/aromatic N) is 2. The van der Waals surface area contributed by atoms with Crippen LogP contribution in [-0.4, -0.2) is 37.1 Å². The molecule has 0 spiro atoms. The lowest BCUT2D eigenvalue weighted by molar-refractivity contribution is 0.327. The van der Waals surface area contributed by atoms with E-state index < -0.39 is 0 Å². The second-order valence-electron chi connectivity index (χ2n) is 3.35. The third-order valence-corrected chi connectivity index (χ3v) is 1.96. The van der Waals surface area contributed by atoms with Crippen molar-refractivity contribution in [2.45, 2.75) is 6.54 Å². The molecule has 0 amide bonds. The van der Waals surface area contributed by atoms with Crippen molar-refractivity contribution in [2.24, 2.45) is 0 Å². The minimum atomic E-state index is -0.274. The molecule has 0 atom stereocenters. The number of nitrogens with one attached hydrogen (secondary N) is 1. The lowest BCUT2D eigenvalue weighted by Crippen LogP contribution is -2.27. The first-order valence-electron chi connectivity index (χ1n) is 4.65. The zero-order valence-corrected chi connectivity index (χ0v) is 8.63. The molecule has 4 heteroatoms. The highest BCUT2D eigenvalue weighted by Crippen LogP contribution is 2.03. The Balaban J connectivity index is 2.43. The van der Waals surface area contributed by atoms with E-state index in [9.17, 15) is 4.39 Å². The fraction of sp³-hybridized carbons (Fsp3) is 0.500. The maximum atomic E-state index is 12.8. The highest BCUT2D eigenvalue weighted by molar-refractivity contribution is 5.09. The van der Waals surface area contributed by atoms with Gasteiger partial charge in [-0.25, -0.2) is 4.39 Å². The van der Waals surface area contributed by atoms with E-state index in [1.165, 1.54) is 12.3 Å². The molecule has 78 valence electrons. The molecule has 1 N–H and O–H groups in total. The topological polar surface area (TPSA) is 28.2 Å². The maximum absolute atomic E-state index is 12.8. The van der Waals surface area contributed by atoms with Crippen molar-refractivity contribution >= 4 is 0 Å². The third kappa shape index (κ3) is 3.81. The molecule has 1 aromatic rings. The van der Waals surface area contributed by atoms with Gasteiger partial charge in [-0.3, -0.25) is 4.98 Å². The van der Waals surface area contributed by atoms with Crippen LogP contribution in [0.25, 0.3) is 0 Å². The summed E-state index contributed by atoms with van der Waals surface area (Å²) in [5, 5.41) is 3.06. The summed E-state index contributed by atoms with van der Waals surface area (Å²) >= 11 is 0. The normalized spacial score (nSPS) is 10.9. The predicted molar refractivity (Wildman–Crippen MR) is 54.5 cm³/mol. The minimum absolute atomic E-state index is 0.274. The quantitative estimate of drug-likeness (QED) is 0.759. The third-order valence-electron chi connectivity index (χ3n) is 1.96. The monoisotopic (exact) mass is 197 g/mol. The summed E-state index contributed by atoms with van der Waals surface area (Å²) in [4.78, 5) is 5.92. The molecule has 0 unspecified atom stereocenters. The first kappa shape index (κ1) is 11.1. The van der Waals surface area contributed by atoms with Gasteiger partial charge < -0.3 is 10.2 Å². The van der Waals surface area contributed by atoms with Crippen LogP contribution >= 0.6 is 0 Å². The lowest BCUT2D eigenvalue weighted by Gasteiger charge is -2.15. The number of hydrogen-bond donors (Lipinski definition) is 1. The smallest absolute Gasteiger partial charge is 0.141 e. The van der Waals surface area contributed by atoms with E-state index in [0.29, 0.717) is 0 Å². The van der Waals surface area contributed by atoms with E-state index in [4.69, 9.17) is 0 Å². The van der Waals surface area contributed by atoms with E-state index in [1.807, 2.05) is 14.1 Å². The van der Waals surface area contributed by atoms with Gasteiger partial charge in [-0.15, -0.1) is 0 Å². The van der Waals surface area contributed by atoms with Gasteiger partial charge in [-0.2, -0.15) is 0 Å². The predicted octanol–water partition coefficient (Wildman–Crippen LogP) is 0.872. The van der Waals surface area contributed by atoms with Crippen molar-refractivity contribution in [2.75, 3.05) is 27.2 Å². The van der Waals surface area contributed by atoms with Gasteiger partial charge >= 0.3 is 0 Å². The molecule has 0 saturated heterocycles. The number of rotatable bonds is 5. The van der Waals surface area contributed by atoms with Crippen LogP contribution in [0.15, 0.2) is 18.5 Å². The Morgan fingerprint density at radius 1 is 1.50 bits per heavy atom. The molecule has 3 nitrogen and oxygen atoms in total. The van der Waals surface area contributed by atoms with Gasteiger partial charge in [0.25, 0.3) is 0 Å². The summed E-state index contributed by atoms with van der Waals surface area (Å²) in [6, 6.07) is 1.52. The van der Waals surface area contributed by atoms with Gasteiger partial charge in [0.15, 0.2) is 0 Å². The first-order chi connectivity index (χ1) is 6.72. The van der Waals surface area contributed by atoms with Gasteiger partial charge in [0.1, 0.15) is 5.82 Å². The molecule has 0 aromatic carbocycles. The second kappa shape index (κ2) is 5.67. The van der Waals surface area contributed by atoms with Crippen LogP contribution in [0, 0.1) is 5.82 Å². The molecule has 0 aliphatic heterocycles. The zero-order chi connectivity index (χ0) is 10.4. The van der Waals surface area contributed by atoms with Crippen molar-refractivity contribution in [1.29, 1.82) is 0 Å². The first-order valence-corrected chi connectivity index (χ1v) is 4.65. The zero-order valence-electron chi connectivity index (χ0n) is 8.63. The van der Waals surface area contributed by atoms with E-state index in [-0.39, 0.29) is 5.82 Å². The van der Waals surface area contributed by atoms with Crippen LogP contribution < -0.4 is 5.32 Å². The van der Waals surface area contributed by atoms with Crippen LogP contribution in [0.3, 0.4) is 0 Å². The molecule has 1 heterocycles. The SMILES string of the molecule is CNCCN(C)Cc1cncc(F)c1. The molecule has 0 aliphatic rings. The van der Waals surface area contributed by atoms with Gasteiger partial charge in [0.05, 0.1) is 6.20 Å². The van der Waals surface area contributed by atoms with Crippen molar-refractivity contribution in [3.8, 4) is 0 Å². The molecule has 0 saturated carbocycles. The minimum Gasteiger partial charge on any atom is -0.318 e. The van der Waals surface area contributed by atoms with Gasteiger partial charge in [-0.05, 0) is 25.7 Å². The van der Waals surface area contributed by atoms with Crippen LogP contribution in [0.5, 0.6) is 0 Å². The standard InChI is InChI=1S/C10H16FN3/c1-12-3-4-14(2)8-9-5-10(11)7-13-6-9/h5-7,12H,3-4,8H2,1-2H3. The average molecular weight is 197 g/mol. The van der Waals surface area contributed by atoms with E-state index in [0.717, 1.165) is 25.2 Å². The van der Waals surface area contributed by atoms with Crippen molar-refractivity contribution in [3.63, 3.8) is 0 Å². The van der Waals surface area contributed by atoms with Gasteiger partial charge in [-0.1, -0.05) is 0 Å². The Labute approximate surface area is 84.0 Å². The van der Waals surface area contributed by atoms with E-state index in [1.54, 1.807) is 6.20 Å². The number of hydrogen-bond acceptors (Lipinski definition) is 3. The summed E-state index contributed by atoms with van der Waals surface area (Å²) in [6.07, 6.45) is 2.91. The van der Waals surface area contributed by atoms with Crippen molar-refractivity contribution in [3.05, 3.63) is 29.8 Å². The summed E-state index contributed by atoms with van der Waals surface area (Å²) in [6.45, 7) is 2.60. The fourth-order valence-electron chi connectivity index (χ4n) is 1.24. The Hall–Kier alpha value is -1.00. The second-order valence-corrected chi connectivity index (χ2v) is 3.35. The molecule has 0 bridgehead atoms. The number of aromatic nitrogens is 1. The van der Waals surface area contributed by atoms with Crippen LogP contribution in [0.4, 0.5) is 4.39 Å². The summed E-state index contributed by atoms with van der Waals surface area (Å²) in [5.41, 5.74) is 0.906. The molecule has 1 rings (SSSR count). The van der Waals surface area contributed by atoms with Gasteiger partial charge in [0, 0.05) is 25.8 Å². The highest BCUT2D eigenvalue weighted by atomic mass is 19.1. The largest absolute Gasteiger partial charge is 0.318 e. The van der Waals surface area contributed by atoms with Crippen molar-refractivity contribution < 1.29 is 4.39 Å². The summed E-state index contributed by atoms with van der Waals surface area (Å²) < 4.78 is 12.8. The van der Waals surface area contributed by atoms with Gasteiger partial charge in [0.2, 0.25) is 0 Å². The van der Waals surface area contributed by atoms with Crippen LogP contribution in [0.1, 0.15) is 5.56 Å². The Kier molecular flexibility index (Phi) is 4.49.